The first-order valence-corrected chi connectivity index (χ1v) is 6.41. The Labute approximate surface area is 114 Å². The maximum absolute atomic E-state index is 11.3. The van der Waals surface area contributed by atoms with Crippen LogP contribution in [0.1, 0.15) is 15.9 Å². The van der Waals surface area contributed by atoms with E-state index < -0.39 is 0 Å². The molecular formula is C14H23N3O2. The molecule has 0 aromatic heterocycles. The first kappa shape index (κ1) is 15.6. The van der Waals surface area contributed by atoms with Crippen molar-refractivity contribution < 1.29 is 9.53 Å². The number of hydrogen-bond acceptors (Lipinski definition) is 4. The van der Waals surface area contributed by atoms with Crippen LogP contribution in [0.25, 0.3) is 0 Å². The summed E-state index contributed by atoms with van der Waals surface area (Å²) in [6, 6.07) is 7.40. The van der Waals surface area contributed by atoms with Crippen LogP contribution in [0, 0.1) is 0 Å². The molecule has 0 aliphatic heterocycles. The van der Waals surface area contributed by atoms with Crippen molar-refractivity contribution in [1.82, 2.24) is 10.2 Å². The maximum atomic E-state index is 11.3. The molecule has 0 saturated carbocycles. The van der Waals surface area contributed by atoms with Crippen molar-refractivity contribution in [3.63, 3.8) is 0 Å². The molecule has 0 unspecified atom stereocenters. The molecule has 0 saturated heterocycles. The molecule has 5 nitrogen and oxygen atoms in total. The molecule has 3 N–H and O–H groups in total. The fourth-order valence-electron chi connectivity index (χ4n) is 1.77. The zero-order valence-electron chi connectivity index (χ0n) is 11.7. The van der Waals surface area contributed by atoms with Gasteiger partial charge in [-0.3, -0.25) is 4.79 Å². The number of carbonyl (C=O) groups is 1. The topological polar surface area (TPSA) is 67.6 Å². The van der Waals surface area contributed by atoms with E-state index in [2.05, 4.69) is 17.3 Å². The van der Waals surface area contributed by atoms with Crippen LogP contribution in [-0.2, 0) is 11.3 Å². The first-order valence-electron chi connectivity index (χ1n) is 6.41. The van der Waals surface area contributed by atoms with Crippen molar-refractivity contribution in [3.8, 4) is 0 Å². The highest BCUT2D eigenvalue weighted by Gasteiger charge is 2.06. The van der Waals surface area contributed by atoms with Gasteiger partial charge in [0.1, 0.15) is 0 Å². The Balaban J connectivity index is 2.31. The van der Waals surface area contributed by atoms with E-state index in [9.17, 15) is 4.79 Å². The molecule has 5 heteroatoms. The molecule has 0 bridgehead atoms. The number of nitrogens with one attached hydrogen (secondary N) is 1. The molecule has 0 heterocycles. The molecular weight excluding hydrogens is 242 g/mol. The van der Waals surface area contributed by atoms with Crippen molar-refractivity contribution >= 4 is 5.91 Å². The second-order valence-electron chi connectivity index (χ2n) is 4.49. The maximum Gasteiger partial charge on any atom is 0.249 e. The van der Waals surface area contributed by atoms with E-state index in [4.69, 9.17) is 10.5 Å². The number of nitrogens with two attached hydrogens (primary N) is 1. The lowest BCUT2D eigenvalue weighted by Crippen LogP contribution is -2.31. The van der Waals surface area contributed by atoms with Gasteiger partial charge < -0.3 is 20.7 Å². The van der Waals surface area contributed by atoms with E-state index in [-0.39, 0.29) is 5.91 Å². The Morgan fingerprint density at radius 2 is 2.11 bits per heavy atom. The van der Waals surface area contributed by atoms with Crippen molar-refractivity contribution in [1.29, 1.82) is 0 Å². The highest BCUT2D eigenvalue weighted by molar-refractivity contribution is 5.94. The van der Waals surface area contributed by atoms with Gasteiger partial charge in [0.2, 0.25) is 5.91 Å². The molecule has 0 aliphatic carbocycles. The third-order valence-corrected chi connectivity index (χ3v) is 2.95. The number of nitrogens with zero attached hydrogens (tertiary/aromatic N) is 1. The zero-order valence-corrected chi connectivity index (χ0v) is 11.7. The van der Waals surface area contributed by atoms with Gasteiger partial charge in [-0.25, -0.2) is 0 Å². The van der Waals surface area contributed by atoms with Crippen molar-refractivity contribution in [3.05, 3.63) is 35.4 Å². The number of ether oxygens (including phenoxy) is 1. The number of likely N-dealkylation sites (N-methyl/N-ethyl adjacent to an activating group) is 1. The van der Waals surface area contributed by atoms with Crippen molar-refractivity contribution in [2.24, 2.45) is 5.73 Å². The fourth-order valence-corrected chi connectivity index (χ4v) is 1.77. The molecule has 0 atom stereocenters. The van der Waals surface area contributed by atoms with E-state index in [1.807, 2.05) is 18.2 Å². The Hall–Kier alpha value is -1.43. The second kappa shape index (κ2) is 8.63. The van der Waals surface area contributed by atoms with Gasteiger partial charge in [0.15, 0.2) is 0 Å². The Kier molecular flexibility index (Phi) is 7.10. The Morgan fingerprint density at radius 1 is 1.37 bits per heavy atom. The number of primary amides is 1. The summed E-state index contributed by atoms with van der Waals surface area (Å²) in [6.07, 6.45) is 0. The summed E-state index contributed by atoms with van der Waals surface area (Å²) in [5.74, 6) is -0.380. The highest BCUT2D eigenvalue weighted by atomic mass is 16.5. The number of amides is 1. The quantitative estimate of drug-likeness (QED) is 0.636. The standard InChI is InChI=1S/C14H23N3O2/c1-17(9-10-19-2)8-7-16-11-12-5-3-4-6-13(12)14(15)18/h3-6,16H,7-11H2,1-2H3,(H2,15,18). The Bertz CT molecular complexity index is 396. The van der Waals surface area contributed by atoms with Crippen LogP contribution in [0.15, 0.2) is 24.3 Å². The largest absolute Gasteiger partial charge is 0.383 e. The van der Waals surface area contributed by atoms with E-state index in [1.54, 1.807) is 13.2 Å². The van der Waals surface area contributed by atoms with Gasteiger partial charge in [0.25, 0.3) is 0 Å². The predicted octanol–water partition coefficient (Wildman–Crippen LogP) is 0.453. The van der Waals surface area contributed by atoms with E-state index >= 15 is 0 Å². The van der Waals surface area contributed by atoms with Gasteiger partial charge >= 0.3 is 0 Å². The van der Waals surface area contributed by atoms with Gasteiger partial charge in [-0.05, 0) is 18.7 Å². The van der Waals surface area contributed by atoms with Crippen LogP contribution >= 0.6 is 0 Å². The molecule has 0 aliphatic rings. The van der Waals surface area contributed by atoms with E-state index in [1.165, 1.54) is 0 Å². The lowest BCUT2D eigenvalue weighted by Gasteiger charge is -2.16. The van der Waals surface area contributed by atoms with Crippen LogP contribution < -0.4 is 11.1 Å². The van der Waals surface area contributed by atoms with Crippen molar-refractivity contribution in [2.75, 3.05) is 40.4 Å². The summed E-state index contributed by atoms with van der Waals surface area (Å²) in [4.78, 5) is 13.4. The number of methoxy groups -OCH3 is 1. The van der Waals surface area contributed by atoms with Gasteiger partial charge in [0, 0.05) is 38.9 Å². The van der Waals surface area contributed by atoms with E-state index in [0.29, 0.717) is 12.1 Å². The van der Waals surface area contributed by atoms with Crippen LogP contribution in [0.4, 0.5) is 0 Å². The number of hydrogen-bond donors (Lipinski definition) is 2. The SMILES string of the molecule is COCCN(C)CCNCc1ccccc1C(N)=O. The Morgan fingerprint density at radius 3 is 2.79 bits per heavy atom. The summed E-state index contributed by atoms with van der Waals surface area (Å²) in [5.41, 5.74) is 6.86. The molecule has 0 spiro atoms. The molecule has 1 aromatic carbocycles. The third-order valence-electron chi connectivity index (χ3n) is 2.95. The molecule has 106 valence electrons. The summed E-state index contributed by atoms with van der Waals surface area (Å²) in [5, 5.41) is 3.31. The molecule has 19 heavy (non-hydrogen) atoms. The van der Waals surface area contributed by atoms with Crippen LogP contribution in [-0.4, -0.2) is 51.2 Å². The first-order chi connectivity index (χ1) is 9.15. The van der Waals surface area contributed by atoms with Gasteiger partial charge in [-0.2, -0.15) is 0 Å². The summed E-state index contributed by atoms with van der Waals surface area (Å²) < 4.78 is 5.02. The average molecular weight is 265 g/mol. The molecule has 0 fully saturated rings. The number of rotatable bonds is 9. The molecule has 1 rings (SSSR count). The van der Waals surface area contributed by atoms with E-state index in [0.717, 1.165) is 31.8 Å². The van der Waals surface area contributed by atoms with Crippen molar-refractivity contribution in [2.45, 2.75) is 6.54 Å². The average Bonchev–Trinajstić information content (AvgIpc) is 2.41. The minimum atomic E-state index is -0.380. The summed E-state index contributed by atoms with van der Waals surface area (Å²) >= 11 is 0. The lowest BCUT2D eigenvalue weighted by atomic mass is 10.1. The second-order valence-corrected chi connectivity index (χ2v) is 4.49. The third kappa shape index (κ3) is 5.83. The number of benzene rings is 1. The highest BCUT2D eigenvalue weighted by Crippen LogP contribution is 2.07. The van der Waals surface area contributed by atoms with Crippen LogP contribution in [0.2, 0.25) is 0 Å². The predicted molar refractivity (Wildman–Crippen MR) is 76.0 cm³/mol. The van der Waals surface area contributed by atoms with Gasteiger partial charge in [-0.1, -0.05) is 18.2 Å². The monoisotopic (exact) mass is 265 g/mol. The summed E-state index contributed by atoms with van der Waals surface area (Å²) in [6.45, 7) is 4.09. The molecule has 0 radical (unpaired) electrons. The molecule has 1 aromatic rings. The fraction of sp³-hybridized carbons (Fsp3) is 0.500. The van der Waals surface area contributed by atoms with Gasteiger partial charge in [-0.15, -0.1) is 0 Å². The lowest BCUT2D eigenvalue weighted by molar-refractivity contribution is 0.0999. The minimum Gasteiger partial charge on any atom is -0.383 e. The van der Waals surface area contributed by atoms with Crippen LogP contribution in [0.3, 0.4) is 0 Å². The normalized spacial score (nSPS) is 10.9. The van der Waals surface area contributed by atoms with Crippen LogP contribution in [0.5, 0.6) is 0 Å². The minimum absolute atomic E-state index is 0.380. The summed E-state index contributed by atoms with van der Waals surface area (Å²) in [7, 11) is 3.75. The number of carbonyl (C=O) groups excluding carboxylic acids is 1. The zero-order chi connectivity index (χ0) is 14.1. The van der Waals surface area contributed by atoms with Gasteiger partial charge in [0.05, 0.1) is 6.61 Å². The molecule has 1 amide bonds. The smallest absolute Gasteiger partial charge is 0.249 e.